The number of amides is 1. The van der Waals surface area contributed by atoms with E-state index in [1.54, 1.807) is 11.3 Å². The number of aryl methyl sites for hydroxylation is 1. The van der Waals surface area contributed by atoms with Gasteiger partial charge in [-0.3, -0.25) is 4.79 Å². The van der Waals surface area contributed by atoms with Crippen molar-refractivity contribution in [3.8, 4) is 5.75 Å². The van der Waals surface area contributed by atoms with Gasteiger partial charge in [0.1, 0.15) is 0 Å². The summed E-state index contributed by atoms with van der Waals surface area (Å²) >= 11 is 1.62. The number of thiophene rings is 1. The van der Waals surface area contributed by atoms with Crippen molar-refractivity contribution >= 4 is 23.2 Å². The largest absolute Gasteiger partial charge is 0.494 e. The molecular weight excluding hydrogens is 333 g/mol. The van der Waals surface area contributed by atoms with Gasteiger partial charge in [-0.1, -0.05) is 12.1 Å². The van der Waals surface area contributed by atoms with Crippen LogP contribution in [0.3, 0.4) is 0 Å². The van der Waals surface area contributed by atoms with E-state index in [9.17, 15) is 19.1 Å². The zero-order chi connectivity index (χ0) is 17.5. The Hall–Kier alpha value is -2.41. The minimum atomic E-state index is -1.29. The van der Waals surface area contributed by atoms with Crippen molar-refractivity contribution in [2.24, 2.45) is 0 Å². The van der Waals surface area contributed by atoms with Crippen molar-refractivity contribution in [2.45, 2.75) is 25.3 Å². The van der Waals surface area contributed by atoms with Crippen LogP contribution in [0, 0.1) is 5.82 Å². The molecule has 1 aromatic carbocycles. The van der Waals surface area contributed by atoms with Gasteiger partial charge in [0.15, 0.2) is 17.6 Å². The fourth-order valence-electron chi connectivity index (χ4n) is 2.26. The average molecular weight is 351 g/mol. The van der Waals surface area contributed by atoms with Crippen LogP contribution in [0.25, 0.3) is 0 Å². The molecule has 1 unspecified atom stereocenters. The Bertz CT molecular complexity index is 703. The van der Waals surface area contributed by atoms with Gasteiger partial charge < -0.3 is 15.2 Å². The first-order valence-corrected chi connectivity index (χ1v) is 8.27. The van der Waals surface area contributed by atoms with Crippen LogP contribution in [0.15, 0.2) is 35.7 Å². The van der Waals surface area contributed by atoms with Crippen molar-refractivity contribution in [3.05, 3.63) is 52.0 Å². The molecule has 24 heavy (non-hydrogen) atoms. The second-order valence-corrected chi connectivity index (χ2v) is 6.20. The minimum absolute atomic E-state index is 0.0187. The normalized spacial score (nSPS) is 11.8. The lowest BCUT2D eigenvalue weighted by atomic mass is 10.1. The molecule has 5 nitrogen and oxygen atoms in total. The topological polar surface area (TPSA) is 75.6 Å². The maximum absolute atomic E-state index is 13.7. The molecule has 0 bridgehead atoms. The number of aliphatic carboxylic acids is 1. The third kappa shape index (κ3) is 4.79. The fourth-order valence-corrected chi connectivity index (χ4v) is 3.01. The van der Waals surface area contributed by atoms with Crippen LogP contribution in [-0.4, -0.2) is 24.1 Å². The van der Waals surface area contributed by atoms with Gasteiger partial charge in [-0.05, 0) is 42.0 Å². The molecule has 7 heteroatoms. The van der Waals surface area contributed by atoms with E-state index < -0.39 is 17.8 Å². The summed E-state index contributed by atoms with van der Waals surface area (Å²) in [4.78, 5) is 24.5. The molecule has 0 spiro atoms. The van der Waals surface area contributed by atoms with Gasteiger partial charge in [-0.15, -0.1) is 11.3 Å². The number of rotatable bonds is 8. The molecule has 2 rings (SSSR count). The van der Waals surface area contributed by atoms with Gasteiger partial charge in [0.05, 0.1) is 7.11 Å². The number of methoxy groups -OCH3 is 1. The number of carboxylic acid groups (broad SMARTS) is 1. The summed E-state index contributed by atoms with van der Waals surface area (Å²) < 4.78 is 18.5. The number of hydrogen-bond acceptors (Lipinski definition) is 4. The zero-order valence-electron chi connectivity index (χ0n) is 13.1. The Morgan fingerprint density at radius 1 is 1.38 bits per heavy atom. The molecule has 0 saturated carbocycles. The Balaban J connectivity index is 1.96. The molecule has 1 amide bonds. The summed E-state index contributed by atoms with van der Waals surface area (Å²) in [5.41, 5.74) is 0.160. The molecule has 0 radical (unpaired) electrons. The highest BCUT2D eigenvalue weighted by molar-refractivity contribution is 7.09. The highest BCUT2D eigenvalue weighted by Crippen LogP contribution is 2.22. The highest BCUT2D eigenvalue weighted by atomic mass is 32.1. The van der Waals surface area contributed by atoms with E-state index in [-0.39, 0.29) is 23.6 Å². The van der Waals surface area contributed by atoms with Crippen LogP contribution in [0.4, 0.5) is 4.39 Å². The van der Waals surface area contributed by atoms with Crippen molar-refractivity contribution in [1.82, 2.24) is 5.32 Å². The van der Waals surface area contributed by atoms with E-state index in [0.717, 1.165) is 12.5 Å². The van der Waals surface area contributed by atoms with Gasteiger partial charge in [-0.2, -0.15) is 0 Å². The highest BCUT2D eigenvalue weighted by Gasteiger charge is 2.23. The molecule has 2 N–H and O–H groups in total. The first-order valence-electron chi connectivity index (χ1n) is 7.39. The maximum Gasteiger partial charge on any atom is 0.330 e. The van der Waals surface area contributed by atoms with E-state index >= 15 is 0 Å². The summed E-state index contributed by atoms with van der Waals surface area (Å²) in [6.45, 7) is 0. The van der Waals surface area contributed by atoms with Gasteiger partial charge in [-0.25, -0.2) is 9.18 Å². The van der Waals surface area contributed by atoms with E-state index in [0.29, 0.717) is 6.42 Å². The van der Waals surface area contributed by atoms with Crippen LogP contribution in [0.2, 0.25) is 0 Å². The Morgan fingerprint density at radius 3 is 2.75 bits per heavy atom. The van der Waals surface area contributed by atoms with Crippen LogP contribution in [-0.2, 0) is 16.0 Å². The summed E-state index contributed by atoms with van der Waals surface area (Å²) in [5, 5.41) is 13.7. The number of carbonyl (C=O) groups excluding carboxylic acids is 1. The lowest BCUT2D eigenvalue weighted by Crippen LogP contribution is -2.33. The molecule has 0 saturated heterocycles. The number of hydrogen-bond donors (Lipinski definition) is 2. The van der Waals surface area contributed by atoms with Crippen molar-refractivity contribution < 1.29 is 23.8 Å². The van der Waals surface area contributed by atoms with Crippen molar-refractivity contribution in [3.63, 3.8) is 0 Å². The molecule has 1 atom stereocenters. The van der Waals surface area contributed by atoms with Gasteiger partial charge in [0.2, 0.25) is 5.91 Å². The lowest BCUT2D eigenvalue weighted by molar-refractivity contribution is -0.142. The quantitative estimate of drug-likeness (QED) is 0.766. The van der Waals surface area contributed by atoms with Gasteiger partial charge in [0.25, 0.3) is 0 Å². The molecule has 1 aromatic heterocycles. The number of benzene rings is 1. The Morgan fingerprint density at radius 2 is 2.17 bits per heavy atom. The average Bonchev–Trinajstić information content (AvgIpc) is 3.05. The van der Waals surface area contributed by atoms with Crippen LogP contribution >= 0.6 is 11.3 Å². The van der Waals surface area contributed by atoms with Crippen LogP contribution < -0.4 is 10.1 Å². The molecule has 1 heterocycles. The third-order valence-electron chi connectivity index (χ3n) is 3.47. The summed E-state index contributed by atoms with van der Waals surface area (Å²) in [6, 6.07) is 6.46. The number of carbonyl (C=O) groups is 2. The van der Waals surface area contributed by atoms with E-state index in [1.165, 1.54) is 24.1 Å². The van der Waals surface area contributed by atoms with Gasteiger partial charge in [0, 0.05) is 11.3 Å². The molecule has 0 fully saturated rings. The summed E-state index contributed by atoms with van der Waals surface area (Å²) in [6.07, 6.45) is 1.59. The predicted octanol–water partition coefficient (Wildman–Crippen LogP) is 3.16. The van der Waals surface area contributed by atoms with Crippen molar-refractivity contribution in [1.29, 1.82) is 0 Å². The molecule has 128 valence electrons. The number of carboxylic acids is 1. The van der Waals surface area contributed by atoms with Gasteiger partial charge >= 0.3 is 5.97 Å². The van der Waals surface area contributed by atoms with Crippen molar-refractivity contribution in [2.75, 3.05) is 7.11 Å². The number of ether oxygens (including phenoxy) is 1. The molecule has 0 aliphatic carbocycles. The molecule has 0 aliphatic heterocycles. The Labute approximate surface area is 143 Å². The van der Waals surface area contributed by atoms with E-state index in [1.807, 2.05) is 17.5 Å². The molecule has 0 aliphatic rings. The van der Waals surface area contributed by atoms with Crippen LogP contribution in [0.1, 0.15) is 29.3 Å². The molecule has 2 aromatic rings. The monoisotopic (exact) mass is 351 g/mol. The van der Waals surface area contributed by atoms with Crippen LogP contribution in [0.5, 0.6) is 5.75 Å². The number of halogens is 1. The standard InChI is InChI=1S/C17H18FNO4S/c1-23-14-8-7-11(10-13(14)18)16(17(21)22)19-15(20)6-2-4-12-5-3-9-24-12/h3,5,7-10,16H,2,4,6H2,1H3,(H,19,20)(H,21,22). The summed E-state index contributed by atoms with van der Waals surface area (Å²) in [5.74, 6) is -2.28. The maximum atomic E-state index is 13.7. The zero-order valence-corrected chi connectivity index (χ0v) is 13.9. The van der Waals surface area contributed by atoms with E-state index in [2.05, 4.69) is 5.32 Å². The van der Waals surface area contributed by atoms with E-state index in [4.69, 9.17) is 4.74 Å². The predicted molar refractivity (Wildman–Crippen MR) is 88.7 cm³/mol. The fraction of sp³-hybridized carbons (Fsp3) is 0.294. The first kappa shape index (κ1) is 17.9. The minimum Gasteiger partial charge on any atom is -0.494 e. The lowest BCUT2D eigenvalue weighted by Gasteiger charge is -2.15. The second-order valence-electron chi connectivity index (χ2n) is 5.17. The SMILES string of the molecule is COc1ccc(C(NC(=O)CCCc2cccs2)C(=O)O)cc1F. The second kappa shape index (κ2) is 8.44. The summed E-state index contributed by atoms with van der Waals surface area (Å²) in [7, 11) is 1.32. The Kier molecular flexibility index (Phi) is 6.31. The smallest absolute Gasteiger partial charge is 0.330 e. The third-order valence-corrected chi connectivity index (χ3v) is 4.40. The molecular formula is C17H18FNO4S. The number of nitrogens with one attached hydrogen (secondary N) is 1. The first-order chi connectivity index (χ1) is 11.5.